The molecule has 8 heteroatoms. The lowest BCUT2D eigenvalue weighted by molar-refractivity contribution is -0.383. The van der Waals surface area contributed by atoms with Crippen LogP contribution in [-0.2, 0) is 0 Å². The van der Waals surface area contributed by atoms with Crippen LogP contribution in [0, 0.1) is 27.3 Å². The van der Waals surface area contributed by atoms with Crippen molar-refractivity contribution in [2.45, 2.75) is 19.9 Å². The van der Waals surface area contributed by atoms with Crippen molar-refractivity contribution in [3.63, 3.8) is 0 Å². The fourth-order valence-electron chi connectivity index (χ4n) is 2.06. The minimum atomic E-state index is -0.738. The van der Waals surface area contributed by atoms with Crippen molar-refractivity contribution in [3.8, 4) is 17.3 Å². The highest BCUT2D eigenvalue weighted by molar-refractivity contribution is 9.10. The Kier molecular flexibility index (Phi) is 4.91. The van der Waals surface area contributed by atoms with E-state index in [0.29, 0.717) is 4.47 Å². The van der Waals surface area contributed by atoms with Gasteiger partial charge in [-0.2, -0.15) is 5.26 Å². The van der Waals surface area contributed by atoms with E-state index in [1.165, 1.54) is 18.3 Å². The van der Waals surface area contributed by atoms with Crippen molar-refractivity contribution in [1.29, 1.82) is 5.26 Å². The zero-order chi connectivity index (χ0) is 17.1. The lowest BCUT2D eigenvalue weighted by Crippen LogP contribution is -2.13. The fourth-order valence-corrected chi connectivity index (χ4v) is 2.46. The summed E-state index contributed by atoms with van der Waals surface area (Å²) >= 11 is 3.23. The number of halogens is 2. The molecule has 0 unspecified atom stereocenters. The molecular weight excluding hydrogens is 367 g/mol. The van der Waals surface area contributed by atoms with Crippen LogP contribution < -0.4 is 5.32 Å². The van der Waals surface area contributed by atoms with Gasteiger partial charge in [0, 0.05) is 17.8 Å². The van der Waals surface area contributed by atoms with Crippen LogP contribution in [0.4, 0.5) is 15.8 Å². The average Bonchev–Trinajstić information content (AvgIpc) is 2.48. The normalized spacial score (nSPS) is 10.4. The molecule has 6 nitrogen and oxygen atoms in total. The number of hydrogen-bond acceptors (Lipinski definition) is 5. The van der Waals surface area contributed by atoms with Crippen LogP contribution in [0.1, 0.15) is 19.4 Å². The van der Waals surface area contributed by atoms with Crippen LogP contribution in [-0.4, -0.2) is 15.9 Å². The molecule has 0 amide bonds. The van der Waals surface area contributed by atoms with Crippen molar-refractivity contribution in [2.24, 2.45) is 0 Å². The van der Waals surface area contributed by atoms with E-state index in [1.807, 2.05) is 19.9 Å². The number of nitrogens with one attached hydrogen (secondary N) is 1. The number of hydrogen-bond donors (Lipinski definition) is 1. The summed E-state index contributed by atoms with van der Waals surface area (Å²) in [5.74, 6) is -0.738. The molecule has 0 fully saturated rings. The van der Waals surface area contributed by atoms with Gasteiger partial charge in [-0.05, 0) is 48.0 Å². The smallest absolute Gasteiger partial charge is 0.319 e. The molecule has 0 bridgehead atoms. The molecule has 0 aliphatic carbocycles. The van der Waals surface area contributed by atoms with Crippen molar-refractivity contribution in [2.75, 3.05) is 5.32 Å². The molecular formula is C15H12BrFN4O2. The Balaban J connectivity index is 2.73. The van der Waals surface area contributed by atoms with Gasteiger partial charge in [-0.15, -0.1) is 0 Å². The minimum absolute atomic E-state index is 0.0324. The number of nitrogens with zero attached hydrogens (tertiary/aromatic N) is 3. The molecule has 1 aromatic heterocycles. The highest BCUT2D eigenvalue weighted by atomic mass is 79.9. The molecule has 0 atom stereocenters. The molecule has 1 aromatic carbocycles. The first kappa shape index (κ1) is 16.8. The second-order valence-corrected chi connectivity index (χ2v) is 5.90. The van der Waals surface area contributed by atoms with Gasteiger partial charge in [0.15, 0.2) is 5.69 Å². The van der Waals surface area contributed by atoms with Crippen LogP contribution in [0.15, 0.2) is 28.9 Å². The van der Waals surface area contributed by atoms with E-state index in [2.05, 4.69) is 26.2 Å². The SMILES string of the molecule is CC(C)Nc1c(Br)cnc(-c2ccc(C#N)cc2F)c1[N+](=O)[O-]. The summed E-state index contributed by atoms with van der Waals surface area (Å²) in [4.78, 5) is 14.9. The van der Waals surface area contributed by atoms with E-state index < -0.39 is 10.7 Å². The van der Waals surface area contributed by atoms with Gasteiger partial charge in [0.2, 0.25) is 0 Å². The summed E-state index contributed by atoms with van der Waals surface area (Å²) in [5.41, 5.74) is -0.0830. The summed E-state index contributed by atoms with van der Waals surface area (Å²) in [7, 11) is 0. The number of nitriles is 1. The van der Waals surface area contributed by atoms with Gasteiger partial charge in [0.05, 0.1) is 21.0 Å². The third-order valence-electron chi connectivity index (χ3n) is 2.98. The fraction of sp³-hybridized carbons (Fsp3) is 0.200. The maximum absolute atomic E-state index is 14.2. The number of nitro groups is 1. The molecule has 0 aliphatic rings. The monoisotopic (exact) mass is 378 g/mol. The Labute approximate surface area is 140 Å². The quantitative estimate of drug-likeness (QED) is 0.633. The van der Waals surface area contributed by atoms with Gasteiger partial charge in [0.1, 0.15) is 11.5 Å². The minimum Gasteiger partial charge on any atom is -0.376 e. The van der Waals surface area contributed by atoms with Crippen LogP contribution in [0.5, 0.6) is 0 Å². The molecule has 2 rings (SSSR count). The summed E-state index contributed by atoms with van der Waals surface area (Å²) in [6.07, 6.45) is 1.38. The third kappa shape index (κ3) is 3.46. The number of rotatable bonds is 4. The van der Waals surface area contributed by atoms with E-state index >= 15 is 0 Å². The van der Waals surface area contributed by atoms with Gasteiger partial charge in [0.25, 0.3) is 0 Å². The van der Waals surface area contributed by atoms with Crippen LogP contribution in [0.2, 0.25) is 0 Å². The van der Waals surface area contributed by atoms with Gasteiger partial charge >= 0.3 is 5.69 Å². The Morgan fingerprint density at radius 2 is 2.17 bits per heavy atom. The topological polar surface area (TPSA) is 91.8 Å². The second-order valence-electron chi connectivity index (χ2n) is 5.04. The summed E-state index contributed by atoms with van der Waals surface area (Å²) in [5, 5.41) is 23.3. The molecule has 118 valence electrons. The van der Waals surface area contributed by atoms with Crippen molar-refractivity contribution < 1.29 is 9.31 Å². The van der Waals surface area contributed by atoms with Gasteiger partial charge in [-0.1, -0.05) is 0 Å². The summed E-state index contributed by atoms with van der Waals surface area (Å²) < 4.78 is 14.6. The predicted molar refractivity (Wildman–Crippen MR) is 87.5 cm³/mol. The zero-order valence-corrected chi connectivity index (χ0v) is 13.9. The Bertz CT molecular complexity index is 818. The lowest BCUT2D eigenvalue weighted by atomic mass is 10.1. The molecule has 1 N–H and O–H groups in total. The highest BCUT2D eigenvalue weighted by Gasteiger charge is 2.27. The van der Waals surface area contributed by atoms with Gasteiger partial charge < -0.3 is 5.32 Å². The van der Waals surface area contributed by atoms with Crippen molar-refractivity contribution in [3.05, 3.63) is 50.4 Å². The molecule has 0 saturated heterocycles. The van der Waals surface area contributed by atoms with Crippen LogP contribution >= 0.6 is 15.9 Å². The van der Waals surface area contributed by atoms with E-state index in [-0.39, 0.29) is 34.2 Å². The summed E-state index contributed by atoms with van der Waals surface area (Å²) in [6.45, 7) is 3.66. The molecule has 0 aliphatic heterocycles. The van der Waals surface area contributed by atoms with E-state index in [0.717, 1.165) is 6.07 Å². The third-order valence-corrected chi connectivity index (χ3v) is 3.58. The number of pyridine rings is 1. The molecule has 23 heavy (non-hydrogen) atoms. The Morgan fingerprint density at radius 1 is 1.48 bits per heavy atom. The van der Waals surface area contributed by atoms with Crippen molar-refractivity contribution >= 4 is 27.3 Å². The maximum atomic E-state index is 14.2. The standard InChI is InChI=1S/C15H12BrFN4O2/c1-8(2)20-14-11(16)7-19-13(15(14)21(22)23)10-4-3-9(6-18)5-12(10)17/h3-5,7-8H,1-2H3,(H,19,20). The van der Waals surface area contributed by atoms with E-state index in [4.69, 9.17) is 5.26 Å². The van der Waals surface area contributed by atoms with Gasteiger partial charge in [-0.3, -0.25) is 10.1 Å². The first-order valence-electron chi connectivity index (χ1n) is 6.64. The first-order valence-corrected chi connectivity index (χ1v) is 7.44. The Hall–Kier alpha value is -2.53. The van der Waals surface area contributed by atoms with E-state index in [1.54, 1.807) is 0 Å². The molecule has 0 spiro atoms. The zero-order valence-electron chi connectivity index (χ0n) is 12.3. The molecule has 0 saturated carbocycles. The number of anilines is 1. The summed E-state index contributed by atoms with van der Waals surface area (Å²) in [6, 6.07) is 5.48. The van der Waals surface area contributed by atoms with Crippen LogP contribution in [0.25, 0.3) is 11.3 Å². The maximum Gasteiger partial charge on any atom is 0.319 e. The lowest BCUT2D eigenvalue weighted by Gasteiger charge is -2.14. The number of benzene rings is 1. The highest BCUT2D eigenvalue weighted by Crippen LogP contribution is 2.40. The predicted octanol–water partition coefficient (Wildman–Crippen LogP) is 4.25. The van der Waals surface area contributed by atoms with Crippen LogP contribution in [0.3, 0.4) is 0 Å². The van der Waals surface area contributed by atoms with E-state index in [9.17, 15) is 14.5 Å². The first-order chi connectivity index (χ1) is 10.8. The largest absolute Gasteiger partial charge is 0.376 e. The second kappa shape index (κ2) is 6.71. The molecule has 2 aromatic rings. The van der Waals surface area contributed by atoms with Crippen molar-refractivity contribution in [1.82, 2.24) is 4.98 Å². The Morgan fingerprint density at radius 3 is 2.70 bits per heavy atom. The molecule has 0 radical (unpaired) electrons. The van der Waals surface area contributed by atoms with Gasteiger partial charge in [-0.25, -0.2) is 9.37 Å². The average molecular weight is 379 g/mol. The molecule has 1 heterocycles. The number of aromatic nitrogens is 1.